The van der Waals surface area contributed by atoms with Crippen LogP contribution in [0.5, 0.6) is 0 Å². The number of nitrogens with one attached hydrogen (secondary N) is 1. The molecule has 35 heavy (non-hydrogen) atoms. The first-order valence-corrected chi connectivity index (χ1v) is 10.6. The lowest BCUT2D eigenvalue weighted by molar-refractivity contribution is -0.138. The fourth-order valence-corrected chi connectivity index (χ4v) is 4.05. The number of hydrogen-bond acceptors (Lipinski definition) is 7. The molecule has 9 nitrogen and oxygen atoms in total. The number of amides is 1. The Morgan fingerprint density at radius 3 is 2.51 bits per heavy atom. The minimum absolute atomic E-state index is 0.0539. The molecule has 3 aromatic heterocycles. The van der Waals surface area contributed by atoms with E-state index in [1.807, 2.05) is 0 Å². The summed E-state index contributed by atoms with van der Waals surface area (Å²) >= 11 is 0. The van der Waals surface area contributed by atoms with Crippen molar-refractivity contribution < 1.29 is 26.7 Å². The average Bonchev–Trinajstić information content (AvgIpc) is 3.19. The van der Waals surface area contributed by atoms with E-state index in [1.165, 1.54) is 23.3 Å². The molecular weight excluding hydrogens is 475 g/mol. The molecule has 0 bridgehead atoms. The summed E-state index contributed by atoms with van der Waals surface area (Å²) in [4.78, 5) is 30.0. The number of hydrogen-bond donors (Lipinski definition) is 1. The van der Waals surface area contributed by atoms with Gasteiger partial charge in [0, 0.05) is 51.0 Å². The van der Waals surface area contributed by atoms with Crippen molar-refractivity contribution in [1.29, 1.82) is 0 Å². The lowest BCUT2D eigenvalue weighted by Crippen LogP contribution is -2.57. The molecule has 0 saturated carbocycles. The van der Waals surface area contributed by atoms with Gasteiger partial charge in [-0.05, 0) is 5.92 Å². The van der Waals surface area contributed by atoms with E-state index in [4.69, 9.17) is 0 Å². The van der Waals surface area contributed by atoms with Crippen molar-refractivity contribution in [3.05, 3.63) is 48.4 Å². The maximum absolute atomic E-state index is 14.5. The van der Waals surface area contributed by atoms with Crippen LogP contribution >= 0.6 is 0 Å². The van der Waals surface area contributed by atoms with Crippen LogP contribution in [-0.2, 0) is 13.2 Å². The first kappa shape index (κ1) is 24.4. The van der Waals surface area contributed by atoms with Gasteiger partial charge in [0.1, 0.15) is 0 Å². The predicted molar refractivity (Wildman–Crippen MR) is 113 cm³/mol. The number of alkyl halides is 5. The Labute approximate surface area is 196 Å². The second-order valence-electron chi connectivity index (χ2n) is 8.37. The third kappa shape index (κ3) is 5.35. The van der Waals surface area contributed by atoms with Gasteiger partial charge in [-0.15, -0.1) is 0 Å². The molecule has 1 aliphatic heterocycles. The summed E-state index contributed by atoms with van der Waals surface area (Å²) in [6, 6.07) is -0.732. The quantitative estimate of drug-likeness (QED) is 0.541. The Hall–Kier alpha value is -3.71. The molecule has 1 fully saturated rings. The number of carbonyl (C=O) groups is 1. The second kappa shape index (κ2) is 9.15. The molecule has 2 atom stereocenters. The highest BCUT2D eigenvalue weighted by Gasteiger charge is 2.47. The van der Waals surface area contributed by atoms with Crippen LogP contribution in [0.1, 0.15) is 29.4 Å². The van der Waals surface area contributed by atoms with Gasteiger partial charge in [-0.25, -0.2) is 18.7 Å². The fourth-order valence-electron chi connectivity index (χ4n) is 4.05. The smallest absolute Gasteiger partial charge is 0.352 e. The second-order valence-corrected chi connectivity index (χ2v) is 8.37. The van der Waals surface area contributed by atoms with Crippen LogP contribution in [0.4, 0.5) is 27.9 Å². The number of halogens is 5. The minimum atomic E-state index is -4.59. The number of carbonyl (C=O) groups excluding carboxylic acids is 1. The van der Waals surface area contributed by atoms with Crippen LogP contribution in [-0.4, -0.2) is 65.6 Å². The van der Waals surface area contributed by atoms with Gasteiger partial charge < -0.3 is 10.2 Å². The van der Waals surface area contributed by atoms with Crippen molar-refractivity contribution in [1.82, 2.24) is 34.6 Å². The molecule has 1 saturated heterocycles. The van der Waals surface area contributed by atoms with E-state index in [-0.39, 0.29) is 18.2 Å². The molecule has 186 valence electrons. The number of rotatable bonds is 5. The van der Waals surface area contributed by atoms with Crippen molar-refractivity contribution >= 4 is 11.9 Å². The zero-order valence-corrected chi connectivity index (χ0v) is 18.7. The molecule has 2 unspecified atom stereocenters. The van der Waals surface area contributed by atoms with Gasteiger partial charge in [0.2, 0.25) is 5.95 Å². The molecule has 1 N–H and O–H groups in total. The van der Waals surface area contributed by atoms with Gasteiger partial charge in [0.15, 0.2) is 5.69 Å². The summed E-state index contributed by atoms with van der Waals surface area (Å²) in [7, 11) is 1.59. The van der Waals surface area contributed by atoms with Gasteiger partial charge in [-0.3, -0.25) is 19.4 Å². The zero-order chi connectivity index (χ0) is 25.4. The summed E-state index contributed by atoms with van der Waals surface area (Å²) in [5.41, 5.74) is -0.385. The Morgan fingerprint density at radius 2 is 1.89 bits per heavy atom. The SMILES string of the molecule is CC1CC(F)(F)CN(C(=O)c2nn(C)cc2-c2cnccn2)C1CNc1ncc(C(F)(F)F)cn1. The fraction of sp³-hybridized carbons (Fsp3) is 0.429. The van der Waals surface area contributed by atoms with E-state index in [0.29, 0.717) is 23.7 Å². The van der Waals surface area contributed by atoms with Crippen LogP contribution in [0, 0.1) is 5.92 Å². The maximum Gasteiger partial charge on any atom is 0.419 e. The van der Waals surface area contributed by atoms with Gasteiger partial charge in [-0.2, -0.15) is 18.3 Å². The van der Waals surface area contributed by atoms with Crippen molar-refractivity contribution in [2.45, 2.75) is 31.5 Å². The van der Waals surface area contributed by atoms with E-state index >= 15 is 0 Å². The van der Waals surface area contributed by atoms with Crippen LogP contribution in [0.2, 0.25) is 0 Å². The topological polar surface area (TPSA) is 102 Å². The molecule has 0 radical (unpaired) electrons. The highest BCUT2D eigenvalue weighted by molar-refractivity contribution is 5.98. The van der Waals surface area contributed by atoms with Crippen molar-refractivity contribution in [3.8, 4) is 11.3 Å². The van der Waals surface area contributed by atoms with Crippen molar-refractivity contribution in [3.63, 3.8) is 0 Å². The number of likely N-dealkylation sites (tertiary alicyclic amines) is 1. The van der Waals surface area contributed by atoms with Crippen LogP contribution < -0.4 is 5.32 Å². The number of aryl methyl sites for hydroxylation is 1. The molecule has 1 amide bonds. The molecule has 3 aromatic rings. The van der Waals surface area contributed by atoms with Crippen LogP contribution in [0.15, 0.2) is 37.2 Å². The lowest BCUT2D eigenvalue weighted by atomic mass is 9.88. The van der Waals surface area contributed by atoms with Crippen molar-refractivity contribution in [2.75, 3.05) is 18.4 Å². The Kier molecular flexibility index (Phi) is 6.38. The molecule has 4 rings (SSSR count). The summed E-state index contributed by atoms with van der Waals surface area (Å²) in [5, 5.41) is 6.94. The number of piperidine rings is 1. The first-order valence-electron chi connectivity index (χ1n) is 10.6. The third-order valence-corrected chi connectivity index (χ3v) is 5.66. The molecule has 0 aliphatic carbocycles. The number of aromatic nitrogens is 6. The highest BCUT2D eigenvalue weighted by Crippen LogP contribution is 2.36. The van der Waals surface area contributed by atoms with E-state index < -0.39 is 48.5 Å². The van der Waals surface area contributed by atoms with Gasteiger partial charge in [0.25, 0.3) is 11.8 Å². The van der Waals surface area contributed by atoms with Crippen LogP contribution in [0.3, 0.4) is 0 Å². The Morgan fingerprint density at radius 1 is 1.17 bits per heavy atom. The monoisotopic (exact) mass is 496 g/mol. The largest absolute Gasteiger partial charge is 0.419 e. The van der Waals surface area contributed by atoms with E-state index in [2.05, 4.69) is 30.4 Å². The Bertz CT molecular complexity index is 1180. The maximum atomic E-state index is 14.5. The predicted octanol–water partition coefficient (Wildman–Crippen LogP) is 3.28. The third-order valence-electron chi connectivity index (χ3n) is 5.66. The van der Waals surface area contributed by atoms with Gasteiger partial charge in [-0.1, -0.05) is 6.92 Å². The molecule has 4 heterocycles. The summed E-state index contributed by atoms with van der Waals surface area (Å²) in [6.45, 7) is 0.684. The molecule has 0 aromatic carbocycles. The average molecular weight is 496 g/mol. The summed E-state index contributed by atoms with van der Waals surface area (Å²) in [6.07, 6.45) is 2.07. The number of nitrogens with zero attached hydrogens (tertiary/aromatic N) is 7. The van der Waals surface area contributed by atoms with Gasteiger partial charge >= 0.3 is 6.18 Å². The molecule has 0 spiro atoms. The van der Waals surface area contributed by atoms with E-state index in [9.17, 15) is 26.7 Å². The first-order chi connectivity index (χ1) is 16.4. The minimum Gasteiger partial charge on any atom is -0.352 e. The van der Waals surface area contributed by atoms with E-state index in [0.717, 1.165) is 4.90 Å². The van der Waals surface area contributed by atoms with Gasteiger partial charge in [0.05, 0.1) is 35.6 Å². The Balaban J connectivity index is 1.60. The number of anilines is 1. The molecule has 1 aliphatic rings. The normalized spacial score (nSPS) is 20.0. The van der Waals surface area contributed by atoms with E-state index in [1.54, 1.807) is 20.2 Å². The zero-order valence-electron chi connectivity index (χ0n) is 18.7. The molecular formula is C21H21F5N8O. The van der Waals surface area contributed by atoms with Crippen molar-refractivity contribution in [2.24, 2.45) is 13.0 Å². The molecule has 14 heteroatoms. The highest BCUT2D eigenvalue weighted by atomic mass is 19.4. The summed E-state index contributed by atoms with van der Waals surface area (Å²) < 4.78 is 68.6. The van der Waals surface area contributed by atoms with Crippen LogP contribution in [0.25, 0.3) is 11.3 Å². The standard InChI is InChI=1S/C21H21F5N8O/c1-12-5-20(22,23)11-34(16(12)9-31-19-29-6-13(7-30-19)21(24,25)26)18(35)17-14(10-33(2)32-17)15-8-27-3-4-28-15/h3-4,6-8,10,12,16H,5,9,11H2,1-2H3,(H,29,30,31). The lowest BCUT2D eigenvalue weighted by Gasteiger charge is -2.43. The summed E-state index contributed by atoms with van der Waals surface area (Å²) in [5.74, 6) is -4.61.